The maximum Gasteiger partial charge on any atom is 0.166 e. The van der Waals surface area contributed by atoms with E-state index in [0.29, 0.717) is 0 Å². The summed E-state index contributed by atoms with van der Waals surface area (Å²) in [5.41, 5.74) is 0. The molecule has 94 valence electrons. The minimum absolute atomic E-state index is 0.743. The SMILES string of the molecule is COCCCNC(=S)NCC1CCCCS1. The van der Waals surface area contributed by atoms with Crippen molar-refractivity contribution in [2.75, 3.05) is 32.6 Å². The highest BCUT2D eigenvalue weighted by molar-refractivity contribution is 7.99. The van der Waals surface area contributed by atoms with Gasteiger partial charge in [-0.2, -0.15) is 11.8 Å². The molecule has 0 amide bonds. The molecule has 0 aliphatic carbocycles. The van der Waals surface area contributed by atoms with E-state index in [1.165, 1.54) is 25.0 Å². The fourth-order valence-electron chi connectivity index (χ4n) is 1.66. The molecule has 0 aromatic carbocycles. The molecule has 1 rings (SSSR count). The molecular weight excluding hydrogens is 240 g/mol. The zero-order valence-electron chi connectivity index (χ0n) is 9.96. The number of ether oxygens (including phenoxy) is 1. The lowest BCUT2D eigenvalue weighted by molar-refractivity contribution is 0.195. The van der Waals surface area contributed by atoms with Gasteiger partial charge in [-0.1, -0.05) is 6.42 Å². The van der Waals surface area contributed by atoms with Gasteiger partial charge in [-0.25, -0.2) is 0 Å². The van der Waals surface area contributed by atoms with E-state index in [9.17, 15) is 0 Å². The normalized spacial score (nSPS) is 20.4. The molecule has 1 atom stereocenters. The highest BCUT2D eigenvalue weighted by Gasteiger charge is 2.13. The first-order chi connectivity index (χ1) is 7.83. The van der Waals surface area contributed by atoms with Gasteiger partial charge in [0, 0.05) is 32.1 Å². The maximum absolute atomic E-state index is 5.20. The van der Waals surface area contributed by atoms with Crippen LogP contribution < -0.4 is 10.6 Å². The van der Waals surface area contributed by atoms with E-state index in [-0.39, 0.29) is 0 Å². The average Bonchev–Trinajstić information content (AvgIpc) is 2.33. The predicted octanol–water partition coefficient (Wildman–Crippen LogP) is 1.77. The van der Waals surface area contributed by atoms with Gasteiger partial charge in [0.2, 0.25) is 0 Å². The van der Waals surface area contributed by atoms with E-state index >= 15 is 0 Å². The second kappa shape index (κ2) is 9.07. The molecule has 0 spiro atoms. The summed E-state index contributed by atoms with van der Waals surface area (Å²) in [5, 5.41) is 8.00. The van der Waals surface area contributed by atoms with Crippen molar-refractivity contribution < 1.29 is 4.74 Å². The standard InChI is InChI=1S/C11H22N2OS2/c1-14-7-4-6-12-11(15)13-9-10-5-2-3-8-16-10/h10H,2-9H2,1H3,(H2,12,13,15). The molecule has 1 aliphatic rings. The molecule has 1 aliphatic heterocycles. The lowest BCUT2D eigenvalue weighted by atomic mass is 10.2. The van der Waals surface area contributed by atoms with E-state index < -0.39 is 0 Å². The smallest absolute Gasteiger partial charge is 0.166 e. The van der Waals surface area contributed by atoms with Gasteiger partial charge in [-0.15, -0.1) is 0 Å². The molecular formula is C11H22N2OS2. The Morgan fingerprint density at radius 3 is 3.00 bits per heavy atom. The van der Waals surface area contributed by atoms with Gasteiger partial charge >= 0.3 is 0 Å². The summed E-state index contributed by atoms with van der Waals surface area (Å²) in [6.45, 7) is 2.67. The molecule has 1 saturated heterocycles. The summed E-state index contributed by atoms with van der Waals surface area (Å²) in [6.07, 6.45) is 5.06. The van der Waals surface area contributed by atoms with Crippen LogP contribution in [-0.4, -0.2) is 42.9 Å². The molecule has 0 bridgehead atoms. The van der Waals surface area contributed by atoms with E-state index in [4.69, 9.17) is 17.0 Å². The fourth-order valence-corrected chi connectivity index (χ4v) is 3.08. The van der Waals surface area contributed by atoms with Gasteiger partial charge in [0.15, 0.2) is 5.11 Å². The quantitative estimate of drug-likeness (QED) is 0.563. The number of hydrogen-bond acceptors (Lipinski definition) is 3. The molecule has 1 fully saturated rings. The van der Waals surface area contributed by atoms with Crippen molar-refractivity contribution >= 4 is 29.1 Å². The van der Waals surface area contributed by atoms with Gasteiger partial charge in [0.05, 0.1) is 0 Å². The molecule has 0 saturated carbocycles. The fraction of sp³-hybridized carbons (Fsp3) is 0.909. The Bertz CT molecular complexity index is 196. The average molecular weight is 262 g/mol. The van der Waals surface area contributed by atoms with Crippen LogP contribution in [0.25, 0.3) is 0 Å². The van der Waals surface area contributed by atoms with Crippen LogP contribution in [0.2, 0.25) is 0 Å². The minimum Gasteiger partial charge on any atom is -0.385 e. The van der Waals surface area contributed by atoms with Crippen LogP contribution in [0.5, 0.6) is 0 Å². The van der Waals surface area contributed by atoms with Crippen molar-refractivity contribution in [3.63, 3.8) is 0 Å². The van der Waals surface area contributed by atoms with Crippen molar-refractivity contribution in [1.82, 2.24) is 10.6 Å². The van der Waals surface area contributed by atoms with E-state index in [1.54, 1.807) is 7.11 Å². The molecule has 5 heteroatoms. The summed E-state index contributed by atoms with van der Waals surface area (Å²) in [7, 11) is 1.72. The summed E-state index contributed by atoms with van der Waals surface area (Å²) in [4.78, 5) is 0. The predicted molar refractivity (Wildman–Crippen MR) is 75.2 cm³/mol. The Labute approximate surface area is 108 Å². The molecule has 3 nitrogen and oxygen atoms in total. The van der Waals surface area contributed by atoms with Gasteiger partial charge in [-0.05, 0) is 37.2 Å². The van der Waals surface area contributed by atoms with E-state index in [1.807, 2.05) is 0 Å². The Morgan fingerprint density at radius 2 is 2.31 bits per heavy atom. The number of methoxy groups -OCH3 is 1. The number of nitrogens with one attached hydrogen (secondary N) is 2. The first-order valence-electron chi connectivity index (χ1n) is 5.95. The molecule has 0 aromatic heterocycles. The van der Waals surface area contributed by atoms with Crippen molar-refractivity contribution in [3.05, 3.63) is 0 Å². The molecule has 1 unspecified atom stereocenters. The van der Waals surface area contributed by atoms with Crippen LogP contribution >= 0.6 is 24.0 Å². The molecule has 0 aromatic rings. The largest absolute Gasteiger partial charge is 0.385 e. The highest BCUT2D eigenvalue weighted by atomic mass is 32.2. The Balaban J connectivity index is 1.96. The third-order valence-electron chi connectivity index (χ3n) is 2.58. The second-order valence-electron chi connectivity index (χ2n) is 3.97. The number of rotatable bonds is 6. The summed E-state index contributed by atoms with van der Waals surface area (Å²) >= 11 is 7.27. The van der Waals surface area contributed by atoms with Crippen molar-refractivity contribution in [3.8, 4) is 0 Å². The van der Waals surface area contributed by atoms with Crippen LogP contribution in [0.15, 0.2) is 0 Å². The van der Waals surface area contributed by atoms with Crippen molar-refractivity contribution in [2.24, 2.45) is 0 Å². The lowest BCUT2D eigenvalue weighted by Gasteiger charge is -2.22. The van der Waals surface area contributed by atoms with Crippen LogP contribution in [-0.2, 0) is 4.74 Å². The van der Waals surface area contributed by atoms with E-state index in [2.05, 4.69) is 22.4 Å². The topological polar surface area (TPSA) is 33.3 Å². The zero-order chi connectivity index (χ0) is 11.6. The summed E-state index contributed by atoms with van der Waals surface area (Å²) < 4.78 is 4.97. The number of hydrogen-bond donors (Lipinski definition) is 2. The van der Waals surface area contributed by atoms with Gasteiger partial charge in [-0.3, -0.25) is 0 Å². The van der Waals surface area contributed by atoms with Crippen LogP contribution in [0.4, 0.5) is 0 Å². The lowest BCUT2D eigenvalue weighted by Crippen LogP contribution is -2.39. The zero-order valence-corrected chi connectivity index (χ0v) is 11.6. The number of thioether (sulfide) groups is 1. The van der Waals surface area contributed by atoms with Gasteiger partial charge in [0.1, 0.15) is 0 Å². The molecule has 2 N–H and O–H groups in total. The highest BCUT2D eigenvalue weighted by Crippen LogP contribution is 2.24. The second-order valence-corrected chi connectivity index (χ2v) is 5.79. The van der Waals surface area contributed by atoms with E-state index in [0.717, 1.165) is 36.5 Å². The van der Waals surface area contributed by atoms with Crippen molar-refractivity contribution in [1.29, 1.82) is 0 Å². The Hall–Kier alpha value is 0. The Kier molecular flexibility index (Phi) is 7.98. The first kappa shape index (κ1) is 14.1. The third kappa shape index (κ3) is 6.55. The van der Waals surface area contributed by atoms with Crippen LogP contribution in [0, 0.1) is 0 Å². The summed E-state index contributed by atoms with van der Waals surface area (Å²) in [5.74, 6) is 1.31. The first-order valence-corrected chi connectivity index (χ1v) is 7.41. The minimum atomic E-state index is 0.743. The molecule has 16 heavy (non-hydrogen) atoms. The number of thiocarbonyl (C=S) groups is 1. The summed E-state index contributed by atoms with van der Waals surface area (Å²) in [6, 6.07) is 0. The van der Waals surface area contributed by atoms with Crippen molar-refractivity contribution in [2.45, 2.75) is 30.9 Å². The van der Waals surface area contributed by atoms with Crippen LogP contribution in [0.1, 0.15) is 25.7 Å². The molecule has 1 heterocycles. The Morgan fingerprint density at radius 1 is 1.44 bits per heavy atom. The van der Waals surface area contributed by atoms with Crippen LogP contribution in [0.3, 0.4) is 0 Å². The van der Waals surface area contributed by atoms with Gasteiger partial charge in [0.25, 0.3) is 0 Å². The molecule has 0 radical (unpaired) electrons. The monoisotopic (exact) mass is 262 g/mol. The third-order valence-corrected chi connectivity index (χ3v) is 4.26. The maximum atomic E-state index is 5.20. The van der Waals surface area contributed by atoms with Gasteiger partial charge < -0.3 is 15.4 Å².